The predicted molar refractivity (Wildman–Crippen MR) is 116 cm³/mol. The van der Waals surface area contributed by atoms with E-state index in [0.717, 1.165) is 5.56 Å². The van der Waals surface area contributed by atoms with Gasteiger partial charge < -0.3 is 15.4 Å². The van der Waals surface area contributed by atoms with Crippen LogP contribution in [0.5, 0.6) is 0 Å². The Bertz CT molecular complexity index is 863. The maximum atomic E-state index is 14.5. The van der Waals surface area contributed by atoms with Gasteiger partial charge in [-0.3, -0.25) is 9.59 Å². The van der Waals surface area contributed by atoms with E-state index in [1.165, 1.54) is 6.07 Å². The van der Waals surface area contributed by atoms with Gasteiger partial charge in [0.1, 0.15) is 11.9 Å². The zero-order valence-corrected chi connectivity index (χ0v) is 18.6. The van der Waals surface area contributed by atoms with E-state index in [9.17, 15) is 14.0 Å². The number of carbonyl (C=O) groups excluding carboxylic acids is 2. The summed E-state index contributed by atoms with van der Waals surface area (Å²) in [7, 11) is -0.200. The average Bonchev–Trinajstić information content (AvgIpc) is 2.66. The number of benzene rings is 2. The molecule has 2 aromatic rings. The van der Waals surface area contributed by atoms with Crippen molar-refractivity contribution in [1.29, 1.82) is 0 Å². The van der Waals surface area contributed by atoms with Crippen LogP contribution in [0.25, 0.3) is 0 Å². The summed E-state index contributed by atoms with van der Waals surface area (Å²) in [5.41, 5.74) is 1.96. The molecule has 0 radical (unpaired) electrons. The highest BCUT2D eigenvalue weighted by molar-refractivity contribution is 6.88. The molecule has 0 aromatic heterocycles. The van der Waals surface area contributed by atoms with Gasteiger partial charge in [0.25, 0.3) is 5.91 Å². The van der Waals surface area contributed by atoms with Crippen molar-refractivity contribution in [3.63, 3.8) is 0 Å². The molecule has 2 amide bonds. The highest BCUT2D eigenvalue weighted by atomic mass is 28.3. The highest BCUT2D eigenvalue weighted by Crippen LogP contribution is 2.19. The summed E-state index contributed by atoms with van der Waals surface area (Å²) in [6, 6.07) is 11.2. The second-order valence-corrected chi connectivity index (χ2v) is 13.0. The molecule has 0 heterocycles. The van der Waals surface area contributed by atoms with Crippen LogP contribution in [0, 0.1) is 5.82 Å². The number of ether oxygens (including phenoxy) is 1. The SMILES string of the molecule is CCC(=O)N[C@@H](C(=O)Nc1ccc([Si](C)(C)C)c(F)c1)c1ccc(COC)cc1. The van der Waals surface area contributed by atoms with Crippen molar-refractivity contribution in [3.05, 3.63) is 59.4 Å². The van der Waals surface area contributed by atoms with Crippen LogP contribution >= 0.6 is 0 Å². The minimum absolute atomic E-state index is 0.244. The molecular formula is C22H29FN2O3Si. The fraction of sp³-hybridized carbons (Fsp3) is 0.364. The van der Waals surface area contributed by atoms with Crippen LogP contribution in [0.4, 0.5) is 10.1 Å². The number of amides is 2. The summed E-state index contributed by atoms with van der Waals surface area (Å²) < 4.78 is 19.6. The maximum absolute atomic E-state index is 14.5. The number of carbonyl (C=O) groups is 2. The molecule has 29 heavy (non-hydrogen) atoms. The minimum atomic E-state index is -1.81. The second-order valence-electron chi connectivity index (χ2n) is 7.96. The molecule has 7 heteroatoms. The number of halogens is 1. The van der Waals surface area contributed by atoms with E-state index < -0.39 is 20.0 Å². The van der Waals surface area contributed by atoms with Gasteiger partial charge in [-0.15, -0.1) is 0 Å². The lowest BCUT2D eigenvalue weighted by Gasteiger charge is -2.21. The average molecular weight is 417 g/mol. The van der Waals surface area contributed by atoms with E-state index >= 15 is 0 Å². The molecule has 5 nitrogen and oxygen atoms in total. The third-order valence-electron chi connectivity index (χ3n) is 4.56. The minimum Gasteiger partial charge on any atom is -0.380 e. The Balaban J connectivity index is 2.25. The zero-order valence-electron chi connectivity index (χ0n) is 17.6. The molecule has 0 aliphatic rings. The van der Waals surface area contributed by atoms with Crippen LogP contribution in [-0.4, -0.2) is 27.0 Å². The number of nitrogens with one attached hydrogen (secondary N) is 2. The Morgan fingerprint density at radius 2 is 1.76 bits per heavy atom. The van der Waals surface area contributed by atoms with Gasteiger partial charge in [0.05, 0.1) is 14.7 Å². The molecule has 2 N–H and O–H groups in total. The van der Waals surface area contributed by atoms with Crippen molar-refractivity contribution < 1.29 is 18.7 Å². The normalized spacial score (nSPS) is 12.3. The molecule has 156 valence electrons. The summed E-state index contributed by atoms with van der Waals surface area (Å²) in [5.74, 6) is -0.988. The van der Waals surface area contributed by atoms with Gasteiger partial charge in [-0.1, -0.05) is 56.9 Å². The predicted octanol–water partition coefficient (Wildman–Crippen LogP) is 3.72. The van der Waals surface area contributed by atoms with Crippen molar-refractivity contribution in [2.45, 2.75) is 45.6 Å². The van der Waals surface area contributed by atoms with Crippen molar-refractivity contribution >= 4 is 30.8 Å². The van der Waals surface area contributed by atoms with Gasteiger partial charge in [0.15, 0.2) is 0 Å². The van der Waals surface area contributed by atoms with Crippen LogP contribution in [0.3, 0.4) is 0 Å². The summed E-state index contributed by atoms with van der Waals surface area (Å²) in [5, 5.41) is 6.17. The van der Waals surface area contributed by atoms with Crippen molar-refractivity contribution in [2.75, 3.05) is 12.4 Å². The summed E-state index contributed by atoms with van der Waals surface area (Å²) >= 11 is 0. The van der Waals surface area contributed by atoms with Crippen LogP contribution in [0.2, 0.25) is 19.6 Å². The Kier molecular flexibility index (Phi) is 7.70. The molecule has 1 atom stereocenters. The zero-order chi connectivity index (χ0) is 21.6. The monoisotopic (exact) mass is 416 g/mol. The topological polar surface area (TPSA) is 67.4 Å². The Morgan fingerprint density at radius 1 is 1.10 bits per heavy atom. The van der Waals surface area contributed by atoms with E-state index in [0.29, 0.717) is 23.0 Å². The second kappa shape index (κ2) is 9.80. The smallest absolute Gasteiger partial charge is 0.251 e. The molecule has 2 rings (SSSR count). The van der Waals surface area contributed by atoms with Gasteiger partial charge in [0, 0.05) is 19.2 Å². The van der Waals surface area contributed by atoms with Crippen LogP contribution in [0.1, 0.15) is 30.5 Å². The Labute approximate surface area is 172 Å². The van der Waals surface area contributed by atoms with Crippen LogP contribution in [-0.2, 0) is 20.9 Å². The first kappa shape index (κ1) is 22.8. The van der Waals surface area contributed by atoms with Gasteiger partial charge in [-0.05, 0) is 28.4 Å². The van der Waals surface area contributed by atoms with Crippen LogP contribution in [0.15, 0.2) is 42.5 Å². The fourth-order valence-electron chi connectivity index (χ4n) is 2.95. The molecule has 0 saturated heterocycles. The van der Waals surface area contributed by atoms with Gasteiger partial charge in [0.2, 0.25) is 5.91 Å². The first-order valence-corrected chi connectivity index (χ1v) is 13.1. The van der Waals surface area contributed by atoms with E-state index in [2.05, 4.69) is 30.3 Å². The number of anilines is 1. The van der Waals surface area contributed by atoms with E-state index in [4.69, 9.17) is 4.74 Å². The van der Waals surface area contributed by atoms with Gasteiger partial charge in [-0.2, -0.15) is 0 Å². The molecule has 0 unspecified atom stereocenters. The molecular weight excluding hydrogens is 387 g/mol. The quantitative estimate of drug-likeness (QED) is 0.645. The summed E-state index contributed by atoms with van der Waals surface area (Å²) in [6.45, 7) is 8.37. The molecule has 0 bridgehead atoms. The molecule has 0 saturated carbocycles. The molecule has 0 aliphatic heterocycles. The van der Waals surface area contributed by atoms with Crippen molar-refractivity contribution in [1.82, 2.24) is 5.32 Å². The number of rotatable bonds is 8. The van der Waals surface area contributed by atoms with Crippen molar-refractivity contribution in [3.8, 4) is 0 Å². The van der Waals surface area contributed by atoms with E-state index in [-0.39, 0.29) is 18.1 Å². The van der Waals surface area contributed by atoms with E-state index in [1.807, 2.05) is 12.1 Å². The third kappa shape index (κ3) is 6.23. The summed E-state index contributed by atoms with van der Waals surface area (Å²) in [4.78, 5) is 24.9. The third-order valence-corrected chi connectivity index (χ3v) is 6.58. The highest BCUT2D eigenvalue weighted by Gasteiger charge is 2.24. The Morgan fingerprint density at radius 3 is 2.28 bits per heavy atom. The summed E-state index contributed by atoms with van der Waals surface area (Å²) in [6.07, 6.45) is 0.255. The van der Waals surface area contributed by atoms with Gasteiger partial charge in [-0.25, -0.2) is 4.39 Å². The Hall–Kier alpha value is -2.51. The number of hydrogen-bond donors (Lipinski definition) is 2. The number of methoxy groups -OCH3 is 1. The number of hydrogen-bond acceptors (Lipinski definition) is 3. The van der Waals surface area contributed by atoms with E-state index in [1.54, 1.807) is 38.3 Å². The van der Waals surface area contributed by atoms with Crippen LogP contribution < -0.4 is 15.8 Å². The standard InChI is InChI=1S/C22H29FN2O3Si/c1-6-20(26)25-21(16-9-7-15(8-10-16)14-28-2)22(27)24-17-11-12-19(18(23)13-17)29(3,4)5/h7-13,21H,6,14H2,1-5H3,(H,24,27)(H,25,26)/t21-/m1/s1. The molecule has 2 aromatic carbocycles. The molecule has 0 spiro atoms. The lowest BCUT2D eigenvalue weighted by Crippen LogP contribution is -2.40. The largest absolute Gasteiger partial charge is 0.380 e. The van der Waals surface area contributed by atoms with Gasteiger partial charge >= 0.3 is 0 Å². The first-order valence-electron chi connectivity index (χ1n) is 9.63. The maximum Gasteiger partial charge on any atom is 0.251 e. The lowest BCUT2D eigenvalue weighted by atomic mass is 10.0. The first-order chi connectivity index (χ1) is 13.7. The fourth-order valence-corrected chi connectivity index (χ4v) is 4.32. The van der Waals surface area contributed by atoms with Crippen molar-refractivity contribution in [2.24, 2.45) is 0 Å². The molecule has 0 fully saturated rings. The molecule has 0 aliphatic carbocycles. The lowest BCUT2D eigenvalue weighted by molar-refractivity contribution is -0.126.